The average Bonchev–Trinajstić information content (AvgIpc) is 2.90. The van der Waals surface area contributed by atoms with Gasteiger partial charge in [0.1, 0.15) is 6.09 Å². The third-order valence-electron chi connectivity index (χ3n) is 6.70. The van der Waals surface area contributed by atoms with Gasteiger partial charge in [0, 0.05) is 29.4 Å². The van der Waals surface area contributed by atoms with Gasteiger partial charge in [-0.1, -0.05) is 0 Å². The lowest BCUT2D eigenvalue weighted by Crippen LogP contribution is -2.51. The number of hydrogen-bond acceptors (Lipinski definition) is 7. The van der Waals surface area contributed by atoms with Crippen molar-refractivity contribution < 1.29 is 24.2 Å². The number of carbonyl (C=O) groups excluding carboxylic acids is 2. The molecule has 0 spiro atoms. The minimum absolute atomic E-state index is 0.131. The van der Waals surface area contributed by atoms with Gasteiger partial charge < -0.3 is 29.2 Å². The molecule has 1 saturated heterocycles. The quantitative estimate of drug-likeness (QED) is 0.588. The van der Waals surface area contributed by atoms with Gasteiger partial charge in [0.2, 0.25) is 0 Å². The maximum atomic E-state index is 13.2. The second-order valence-corrected chi connectivity index (χ2v) is 9.09. The van der Waals surface area contributed by atoms with Crippen LogP contribution in [-0.2, 0) is 0 Å². The Labute approximate surface area is 211 Å². The number of amides is 2. The SMILES string of the molecule is CCOc1cc(C2=NN(C(=O)c3ccc(N(C(=O)[O-])C4CCN(C)CC4)cc3)CCC2)ccc1OC. The Kier molecular flexibility index (Phi) is 8.10. The lowest BCUT2D eigenvalue weighted by atomic mass is 10.0. The Morgan fingerprint density at radius 3 is 2.44 bits per heavy atom. The van der Waals surface area contributed by atoms with E-state index >= 15 is 0 Å². The van der Waals surface area contributed by atoms with Crippen molar-refractivity contribution in [2.24, 2.45) is 5.10 Å². The number of carboxylic acid groups (broad SMARTS) is 1. The number of nitrogens with zero attached hydrogens (tertiary/aromatic N) is 4. The molecule has 0 N–H and O–H groups in total. The number of methoxy groups -OCH3 is 1. The van der Waals surface area contributed by atoms with E-state index < -0.39 is 6.09 Å². The van der Waals surface area contributed by atoms with Crippen LogP contribution in [0.5, 0.6) is 11.5 Å². The molecule has 0 saturated carbocycles. The summed E-state index contributed by atoms with van der Waals surface area (Å²) in [7, 11) is 3.63. The Morgan fingerprint density at radius 1 is 1.08 bits per heavy atom. The van der Waals surface area contributed by atoms with Gasteiger partial charge in [-0.2, -0.15) is 5.10 Å². The molecule has 0 unspecified atom stereocenters. The highest BCUT2D eigenvalue weighted by atomic mass is 16.5. The maximum Gasteiger partial charge on any atom is 0.273 e. The first-order chi connectivity index (χ1) is 17.4. The average molecular weight is 494 g/mol. The summed E-state index contributed by atoms with van der Waals surface area (Å²) < 4.78 is 11.1. The number of rotatable bonds is 7. The van der Waals surface area contributed by atoms with Crippen molar-refractivity contribution in [3.63, 3.8) is 0 Å². The van der Waals surface area contributed by atoms with Crippen LogP contribution in [0, 0.1) is 0 Å². The van der Waals surface area contributed by atoms with Gasteiger partial charge in [-0.3, -0.25) is 4.79 Å². The molecule has 1 fully saturated rings. The summed E-state index contributed by atoms with van der Waals surface area (Å²) in [6.45, 7) is 4.61. The highest BCUT2D eigenvalue weighted by Gasteiger charge is 2.26. The first kappa shape index (κ1) is 25.5. The molecule has 0 aliphatic carbocycles. The fourth-order valence-corrected chi connectivity index (χ4v) is 4.75. The van der Waals surface area contributed by atoms with Crippen LogP contribution in [0.2, 0.25) is 0 Å². The van der Waals surface area contributed by atoms with E-state index in [-0.39, 0.29) is 11.9 Å². The molecule has 0 aromatic heterocycles. The summed E-state index contributed by atoms with van der Waals surface area (Å²) in [5, 5.41) is 18.0. The molecule has 2 aromatic carbocycles. The first-order valence-electron chi connectivity index (χ1n) is 12.4. The normalized spacial score (nSPS) is 16.9. The van der Waals surface area contributed by atoms with Gasteiger partial charge in [0.25, 0.3) is 5.91 Å². The van der Waals surface area contributed by atoms with Gasteiger partial charge in [-0.25, -0.2) is 5.01 Å². The number of ether oxygens (including phenoxy) is 2. The number of benzene rings is 2. The summed E-state index contributed by atoms with van der Waals surface area (Å²) in [5.41, 5.74) is 2.66. The van der Waals surface area contributed by atoms with Gasteiger partial charge in [0.15, 0.2) is 11.5 Å². The van der Waals surface area contributed by atoms with E-state index in [1.165, 1.54) is 9.91 Å². The van der Waals surface area contributed by atoms with Crippen LogP contribution in [0.15, 0.2) is 47.6 Å². The molecule has 36 heavy (non-hydrogen) atoms. The molecule has 9 nitrogen and oxygen atoms in total. The number of anilines is 1. The minimum atomic E-state index is -1.22. The Morgan fingerprint density at radius 2 is 1.81 bits per heavy atom. The van der Waals surface area contributed by atoms with Crippen molar-refractivity contribution in [3.8, 4) is 11.5 Å². The Balaban J connectivity index is 1.51. The van der Waals surface area contributed by atoms with E-state index in [0.29, 0.717) is 35.9 Å². The Bertz CT molecular complexity index is 1110. The van der Waals surface area contributed by atoms with Crippen molar-refractivity contribution in [2.45, 2.75) is 38.6 Å². The van der Waals surface area contributed by atoms with Crippen LogP contribution in [0.25, 0.3) is 0 Å². The van der Waals surface area contributed by atoms with Gasteiger partial charge in [-0.15, -0.1) is 0 Å². The third kappa shape index (κ3) is 5.62. The van der Waals surface area contributed by atoms with Crippen LogP contribution >= 0.6 is 0 Å². The summed E-state index contributed by atoms with van der Waals surface area (Å²) in [6, 6.07) is 12.2. The fraction of sp³-hybridized carbons (Fsp3) is 0.444. The molecule has 2 aliphatic heterocycles. The molecule has 0 atom stereocenters. The fourth-order valence-electron chi connectivity index (χ4n) is 4.75. The Hall–Kier alpha value is -3.59. The van der Waals surface area contributed by atoms with E-state index in [1.54, 1.807) is 31.4 Å². The monoisotopic (exact) mass is 493 g/mol. The molecule has 9 heteroatoms. The molecule has 2 aromatic rings. The summed E-state index contributed by atoms with van der Waals surface area (Å²) >= 11 is 0. The number of piperidine rings is 1. The van der Waals surface area contributed by atoms with Gasteiger partial charge in [-0.05, 0) is 95.2 Å². The van der Waals surface area contributed by atoms with Crippen LogP contribution < -0.4 is 19.5 Å². The molecule has 4 rings (SSSR count). The lowest BCUT2D eigenvalue weighted by molar-refractivity contribution is -0.247. The summed E-state index contributed by atoms with van der Waals surface area (Å²) in [5.74, 6) is 1.06. The van der Waals surface area contributed by atoms with E-state index in [9.17, 15) is 14.7 Å². The first-order valence-corrected chi connectivity index (χ1v) is 12.4. The number of likely N-dealkylation sites (tertiary alicyclic amines) is 1. The molecule has 2 aliphatic rings. The summed E-state index contributed by atoms with van der Waals surface area (Å²) in [6.07, 6.45) is 1.80. The predicted octanol–water partition coefficient (Wildman–Crippen LogP) is 2.98. The van der Waals surface area contributed by atoms with E-state index in [1.807, 2.05) is 32.2 Å². The molecular weight excluding hydrogens is 460 g/mol. The van der Waals surface area contributed by atoms with E-state index in [2.05, 4.69) is 10.0 Å². The highest BCUT2D eigenvalue weighted by Crippen LogP contribution is 2.30. The number of hydrazone groups is 1. The molecule has 192 valence electrons. The van der Waals surface area contributed by atoms with Crippen molar-refractivity contribution >= 4 is 23.4 Å². The second-order valence-electron chi connectivity index (χ2n) is 9.09. The summed E-state index contributed by atoms with van der Waals surface area (Å²) in [4.78, 5) is 28.6. The number of hydrogen-bond donors (Lipinski definition) is 0. The minimum Gasteiger partial charge on any atom is -0.530 e. The van der Waals surface area contributed by atoms with Gasteiger partial charge >= 0.3 is 0 Å². The maximum absolute atomic E-state index is 13.2. The smallest absolute Gasteiger partial charge is 0.273 e. The van der Waals surface area contributed by atoms with Gasteiger partial charge in [0.05, 0.1) is 19.4 Å². The van der Waals surface area contributed by atoms with Crippen molar-refractivity contribution in [2.75, 3.05) is 45.3 Å². The second kappa shape index (κ2) is 11.4. The zero-order valence-corrected chi connectivity index (χ0v) is 21.1. The van der Waals surface area contributed by atoms with E-state index in [4.69, 9.17) is 9.47 Å². The number of carbonyl (C=O) groups is 2. The predicted molar refractivity (Wildman–Crippen MR) is 136 cm³/mol. The van der Waals surface area contributed by atoms with Crippen LogP contribution in [0.3, 0.4) is 0 Å². The molecule has 0 radical (unpaired) electrons. The third-order valence-corrected chi connectivity index (χ3v) is 6.70. The largest absolute Gasteiger partial charge is 0.530 e. The zero-order chi connectivity index (χ0) is 25.7. The topological polar surface area (TPSA) is 97.7 Å². The molecule has 2 heterocycles. The standard InChI is InChI=1S/C27H34N4O5/c1-4-36-25-18-20(9-12-24(25)35-3)23-6-5-15-30(28-23)26(32)19-7-10-21(11-8-19)31(27(33)34)22-13-16-29(2)17-14-22/h7-12,18,22H,4-6,13-17H2,1-3H3,(H,33,34)/p-1. The van der Waals surface area contributed by atoms with Crippen molar-refractivity contribution in [3.05, 3.63) is 53.6 Å². The molecule has 2 amide bonds. The molecule has 0 bridgehead atoms. The van der Waals surface area contributed by atoms with Crippen molar-refractivity contribution in [1.29, 1.82) is 0 Å². The lowest BCUT2D eigenvalue weighted by Gasteiger charge is -2.38. The highest BCUT2D eigenvalue weighted by molar-refractivity contribution is 6.03. The van der Waals surface area contributed by atoms with Crippen molar-refractivity contribution in [1.82, 2.24) is 9.91 Å². The molecular formula is C27H33N4O5-. The van der Waals surface area contributed by atoms with Crippen LogP contribution in [0.1, 0.15) is 48.5 Å². The van der Waals surface area contributed by atoms with Crippen LogP contribution in [0.4, 0.5) is 10.5 Å². The zero-order valence-electron chi connectivity index (χ0n) is 21.1. The van der Waals surface area contributed by atoms with Crippen LogP contribution in [-0.4, -0.2) is 74.1 Å². The van der Waals surface area contributed by atoms with E-state index in [0.717, 1.165) is 50.0 Å².